The molecule has 5 heteroatoms. The van der Waals surface area contributed by atoms with Gasteiger partial charge in [0.1, 0.15) is 0 Å². The molecule has 294 valence electrons. The van der Waals surface area contributed by atoms with Gasteiger partial charge in [-0.25, -0.2) is 15.0 Å². The predicted molar refractivity (Wildman–Crippen MR) is 257 cm³/mol. The van der Waals surface area contributed by atoms with E-state index in [2.05, 4.69) is 133 Å². The highest BCUT2D eigenvalue weighted by Crippen LogP contribution is 2.42. The van der Waals surface area contributed by atoms with Crippen molar-refractivity contribution in [3.05, 3.63) is 243 Å². The van der Waals surface area contributed by atoms with Crippen molar-refractivity contribution >= 4 is 23.1 Å². The van der Waals surface area contributed by atoms with Crippen molar-refractivity contribution in [2.24, 2.45) is 0 Å². The van der Waals surface area contributed by atoms with Gasteiger partial charge in [-0.05, 0) is 44.5 Å². The molecule has 0 fully saturated rings. The molecule has 0 saturated heterocycles. The fraction of sp³-hybridized carbons (Fsp3) is 0. The Bertz CT molecular complexity index is 3080. The zero-order valence-electron chi connectivity index (χ0n) is 33.8. The first-order valence-electron chi connectivity index (χ1n) is 20.7. The van der Waals surface area contributed by atoms with E-state index in [1.54, 1.807) is 0 Å². The maximum absolute atomic E-state index is 14.8. The SMILES string of the molecule is O=P(c1ccccc1)(c1ccccc1)c1ccc(-c2ccc(-c3ccc(-c4ccc(-c5nc(-c6ccccc6)nc(-c6ccc(-c7ccccc7)cc6)n5)cc4)cc3)cc2)cc1. The number of hydrogen-bond acceptors (Lipinski definition) is 4. The Morgan fingerprint density at radius 3 is 0.710 bits per heavy atom. The number of aromatic nitrogens is 3. The number of benzene rings is 9. The van der Waals surface area contributed by atoms with Crippen molar-refractivity contribution in [2.45, 2.75) is 0 Å². The van der Waals surface area contributed by atoms with Gasteiger partial charge >= 0.3 is 0 Å². The molecule has 9 aromatic carbocycles. The van der Waals surface area contributed by atoms with E-state index in [1.807, 2.05) is 109 Å². The summed E-state index contributed by atoms with van der Waals surface area (Å²) in [5, 5.41) is 2.49. The van der Waals surface area contributed by atoms with Crippen LogP contribution in [0.1, 0.15) is 0 Å². The monoisotopic (exact) mass is 813 g/mol. The molecule has 0 N–H and O–H groups in total. The molecule has 4 nitrogen and oxygen atoms in total. The fourth-order valence-electron chi connectivity index (χ4n) is 7.90. The van der Waals surface area contributed by atoms with Gasteiger partial charge in [0.15, 0.2) is 24.6 Å². The molecule has 0 bridgehead atoms. The lowest BCUT2D eigenvalue weighted by Gasteiger charge is -2.20. The second kappa shape index (κ2) is 17.1. The molecule has 0 aliphatic heterocycles. The van der Waals surface area contributed by atoms with Crippen LogP contribution in [0.15, 0.2) is 243 Å². The predicted octanol–water partition coefficient (Wildman–Crippen LogP) is 13.2. The van der Waals surface area contributed by atoms with Crippen LogP contribution in [0.25, 0.3) is 78.7 Å². The number of nitrogens with zero attached hydrogens (tertiary/aromatic N) is 3. The third-order valence-electron chi connectivity index (χ3n) is 11.3. The number of hydrogen-bond donors (Lipinski definition) is 0. The molecule has 0 aliphatic carbocycles. The first-order valence-corrected chi connectivity index (χ1v) is 22.4. The molecular weight excluding hydrogens is 774 g/mol. The van der Waals surface area contributed by atoms with Crippen LogP contribution in [0.4, 0.5) is 0 Å². The molecule has 0 unspecified atom stereocenters. The molecule has 62 heavy (non-hydrogen) atoms. The Kier molecular flexibility index (Phi) is 10.6. The standard InChI is InChI=1S/C57H40N3OP/c61-62(52-17-9-3-10-18-52,53-19-11-4-12-20-53)54-39-37-48(38-40-54)46-27-25-44(26-28-46)43-21-23-45(24-22-43)47-31-35-51(36-32-47)57-59-55(49-15-7-2-8-16-49)58-56(60-57)50-33-29-42(30-34-50)41-13-5-1-6-14-41/h1-40H. The van der Waals surface area contributed by atoms with E-state index < -0.39 is 7.14 Å². The van der Waals surface area contributed by atoms with E-state index in [4.69, 9.17) is 15.0 Å². The first kappa shape index (κ1) is 38.4. The molecule has 1 heterocycles. The van der Waals surface area contributed by atoms with Gasteiger partial charge in [-0.3, -0.25) is 0 Å². The summed E-state index contributed by atoms with van der Waals surface area (Å²) in [6, 6.07) is 82.3. The Morgan fingerprint density at radius 2 is 0.403 bits per heavy atom. The minimum atomic E-state index is -3.02. The van der Waals surface area contributed by atoms with Crippen LogP contribution < -0.4 is 15.9 Å². The van der Waals surface area contributed by atoms with Gasteiger partial charge in [-0.15, -0.1) is 0 Å². The Morgan fingerprint density at radius 1 is 0.210 bits per heavy atom. The molecular formula is C57H40N3OP. The van der Waals surface area contributed by atoms with Crippen molar-refractivity contribution in [3.63, 3.8) is 0 Å². The van der Waals surface area contributed by atoms with Gasteiger partial charge in [0, 0.05) is 32.6 Å². The maximum atomic E-state index is 14.8. The van der Waals surface area contributed by atoms with Gasteiger partial charge in [-0.2, -0.15) is 0 Å². The Labute approximate surface area is 362 Å². The van der Waals surface area contributed by atoms with Crippen LogP contribution in [0.5, 0.6) is 0 Å². The average molecular weight is 814 g/mol. The molecule has 10 rings (SSSR count). The molecule has 0 saturated carbocycles. The summed E-state index contributed by atoms with van der Waals surface area (Å²) >= 11 is 0. The molecule has 0 spiro atoms. The Hall–Kier alpha value is -7.78. The molecule has 1 aromatic heterocycles. The fourth-order valence-corrected chi connectivity index (χ4v) is 10.5. The van der Waals surface area contributed by atoms with Gasteiger partial charge in [0.25, 0.3) is 0 Å². The summed E-state index contributed by atoms with van der Waals surface area (Å²) < 4.78 is 14.8. The summed E-state index contributed by atoms with van der Waals surface area (Å²) in [7, 11) is -3.02. The molecule has 0 radical (unpaired) electrons. The molecule has 0 aliphatic rings. The Balaban J connectivity index is 0.867. The van der Waals surface area contributed by atoms with Crippen LogP contribution in [0.3, 0.4) is 0 Å². The van der Waals surface area contributed by atoms with E-state index in [9.17, 15) is 4.57 Å². The van der Waals surface area contributed by atoms with E-state index in [1.165, 1.54) is 5.56 Å². The minimum Gasteiger partial charge on any atom is -0.309 e. The van der Waals surface area contributed by atoms with Gasteiger partial charge in [-0.1, -0.05) is 243 Å². The van der Waals surface area contributed by atoms with Crippen molar-refractivity contribution in [3.8, 4) is 78.7 Å². The topological polar surface area (TPSA) is 55.7 Å². The van der Waals surface area contributed by atoms with Crippen LogP contribution in [-0.4, -0.2) is 15.0 Å². The molecule has 0 atom stereocenters. The minimum absolute atomic E-state index is 0.627. The van der Waals surface area contributed by atoms with Crippen molar-refractivity contribution < 1.29 is 4.57 Å². The van der Waals surface area contributed by atoms with E-state index in [0.717, 1.165) is 71.5 Å². The summed E-state index contributed by atoms with van der Waals surface area (Å²) in [5.41, 5.74) is 11.8. The van der Waals surface area contributed by atoms with Crippen molar-refractivity contribution in [1.82, 2.24) is 15.0 Å². The van der Waals surface area contributed by atoms with Crippen LogP contribution in [0, 0.1) is 0 Å². The normalized spacial score (nSPS) is 11.3. The summed E-state index contributed by atoms with van der Waals surface area (Å²) in [6.07, 6.45) is 0. The van der Waals surface area contributed by atoms with E-state index in [0.29, 0.717) is 17.5 Å². The van der Waals surface area contributed by atoms with E-state index >= 15 is 0 Å². The quantitative estimate of drug-likeness (QED) is 0.129. The van der Waals surface area contributed by atoms with Gasteiger partial charge in [0.05, 0.1) is 0 Å². The summed E-state index contributed by atoms with van der Waals surface area (Å²) in [6.45, 7) is 0. The highest BCUT2D eigenvalue weighted by molar-refractivity contribution is 7.85. The highest BCUT2D eigenvalue weighted by Gasteiger charge is 2.29. The molecule has 10 aromatic rings. The third-order valence-corrected chi connectivity index (χ3v) is 14.4. The zero-order chi connectivity index (χ0) is 41.7. The zero-order valence-corrected chi connectivity index (χ0v) is 34.7. The lowest BCUT2D eigenvalue weighted by molar-refractivity contribution is 0.592. The lowest BCUT2D eigenvalue weighted by Crippen LogP contribution is -2.24. The van der Waals surface area contributed by atoms with Crippen LogP contribution in [-0.2, 0) is 4.57 Å². The maximum Gasteiger partial charge on any atom is 0.171 e. The van der Waals surface area contributed by atoms with Crippen LogP contribution >= 0.6 is 7.14 Å². The largest absolute Gasteiger partial charge is 0.309 e. The lowest BCUT2D eigenvalue weighted by atomic mass is 9.97. The van der Waals surface area contributed by atoms with Crippen molar-refractivity contribution in [1.29, 1.82) is 0 Å². The molecule has 0 amide bonds. The van der Waals surface area contributed by atoms with Gasteiger partial charge in [0.2, 0.25) is 0 Å². The smallest absolute Gasteiger partial charge is 0.171 e. The van der Waals surface area contributed by atoms with E-state index in [-0.39, 0.29) is 0 Å². The van der Waals surface area contributed by atoms with Gasteiger partial charge < -0.3 is 4.57 Å². The highest BCUT2D eigenvalue weighted by atomic mass is 31.2. The summed E-state index contributed by atoms with van der Waals surface area (Å²) in [5.74, 6) is 1.90. The van der Waals surface area contributed by atoms with Crippen LogP contribution in [0.2, 0.25) is 0 Å². The second-order valence-corrected chi connectivity index (χ2v) is 17.9. The third kappa shape index (κ3) is 7.84. The summed E-state index contributed by atoms with van der Waals surface area (Å²) in [4.78, 5) is 14.8. The van der Waals surface area contributed by atoms with Crippen molar-refractivity contribution in [2.75, 3.05) is 0 Å². The first-order chi connectivity index (χ1) is 30.6. The average Bonchev–Trinajstić information content (AvgIpc) is 3.37. The second-order valence-electron chi connectivity index (χ2n) is 15.2. The number of rotatable bonds is 10.